The van der Waals surface area contributed by atoms with Crippen LogP contribution < -0.4 is 0 Å². The summed E-state index contributed by atoms with van der Waals surface area (Å²) in [6.07, 6.45) is 9.97. The molecule has 0 spiro atoms. The Balaban J connectivity index is 1.42. The third kappa shape index (κ3) is 6.69. The van der Waals surface area contributed by atoms with Crippen LogP contribution in [-0.2, 0) is 21.4 Å². The molecule has 1 aliphatic rings. The Morgan fingerprint density at radius 3 is 2.48 bits per heavy atom. The number of allylic oxidation sites excluding steroid dienone is 2. The first-order valence-electron chi connectivity index (χ1n) is 13.3. The van der Waals surface area contributed by atoms with Gasteiger partial charge in [-0.15, -0.1) is 0 Å². The molecule has 210 valence electrons. The molecule has 2 atom stereocenters. The Labute approximate surface area is 232 Å². The zero-order valence-corrected chi connectivity index (χ0v) is 22.8. The smallest absolute Gasteiger partial charge is 0.177 e. The maximum absolute atomic E-state index is 15.3. The number of nitriles is 1. The number of aromatic nitrogens is 3. The number of ether oxygens (including phenoxy) is 2. The van der Waals surface area contributed by atoms with Crippen molar-refractivity contribution in [2.45, 2.75) is 45.4 Å². The maximum Gasteiger partial charge on any atom is 0.177 e. The van der Waals surface area contributed by atoms with Gasteiger partial charge in [-0.1, -0.05) is 51.1 Å². The molecule has 6 nitrogen and oxygen atoms in total. The minimum atomic E-state index is -0.687. The van der Waals surface area contributed by atoms with E-state index in [0.29, 0.717) is 37.3 Å². The molecule has 0 bridgehead atoms. The van der Waals surface area contributed by atoms with E-state index >= 15 is 4.39 Å². The Kier molecular flexibility index (Phi) is 9.56. The first kappa shape index (κ1) is 29.2. The summed E-state index contributed by atoms with van der Waals surface area (Å²) in [5.41, 5.74) is 0.411. The largest absolute Gasteiger partial charge is 0.349 e. The Morgan fingerprint density at radius 1 is 1.07 bits per heavy atom. The van der Waals surface area contributed by atoms with Crippen LogP contribution in [0.25, 0.3) is 6.08 Å². The topological polar surface area (TPSA) is 73.0 Å². The fourth-order valence-corrected chi connectivity index (χ4v) is 5.58. The fraction of sp³-hybridized carbons (Fsp3) is 0.387. The Bertz CT molecular complexity index is 1380. The van der Waals surface area contributed by atoms with Crippen LogP contribution in [0.3, 0.4) is 0 Å². The molecule has 0 amide bonds. The Hall–Kier alpha value is -3.74. The lowest BCUT2D eigenvalue weighted by Crippen LogP contribution is -2.46. The molecule has 4 rings (SSSR count). The maximum atomic E-state index is 15.3. The van der Waals surface area contributed by atoms with Crippen LogP contribution in [0.2, 0.25) is 0 Å². The lowest BCUT2D eigenvalue weighted by atomic mass is 9.61. The quantitative estimate of drug-likeness (QED) is 0.272. The highest BCUT2D eigenvalue weighted by Gasteiger charge is 2.44. The number of halogens is 3. The van der Waals surface area contributed by atoms with Gasteiger partial charge in [-0.05, 0) is 48.1 Å². The zero-order valence-electron chi connectivity index (χ0n) is 22.8. The second-order valence-corrected chi connectivity index (χ2v) is 10.5. The molecule has 40 heavy (non-hydrogen) atoms. The lowest BCUT2D eigenvalue weighted by molar-refractivity contribution is -0.178. The van der Waals surface area contributed by atoms with E-state index in [9.17, 15) is 8.78 Å². The first-order chi connectivity index (χ1) is 19.2. The molecule has 1 aliphatic heterocycles. The predicted molar refractivity (Wildman–Crippen MR) is 145 cm³/mol. The molecule has 1 aromatic heterocycles. The SMILES string of the molecule is CC(C)C(Cn1cncn1)(c1ccc(F)cc1F)C(C)CC1COC(/C=C/C=C/c2ccc(C#N)cc2F)OC1. The summed E-state index contributed by atoms with van der Waals surface area (Å²) in [6, 6.07) is 10.0. The van der Waals surface area contributed by atoms with Crippen LogP contribution in [0.15, 0.2) is 67.3 Å². The van der Waals surface area contributed by atoms with Gasteiger partial charge in [0.05, 0.1) is 31.4 Å². The highest BCUT2D eigenvalue weighted by Crippen LogP contribution is 2.45. The number of hydrogen-bond acceptors (Lipinski definition) is 5. The van der Waals surface area contributed by atoms with Crippen LogP contribution in [0.1, 0.15) is 43.9 Å². The van der Waals surface area contributed by atoms with Gasteiger partial charge in [-0.2, -0.15) is 10.4 Å². The van der Waals surface area contributed by atoms with E-state index in [4.69, 9.17) is 14.7 Å². The zero-order chi connectivity index (χ0) is 28.7. The third-order valence-electron chi connectivity index (χ3n) is 7.70. The van der Waals surface area contributed by atoms with Gasteiger partial charge in [0.15, 0.2) is 6.29 Å². The van der Waals surface area contributed by atoms with E-state index in [2.05, 4.69) is 17.0 Å². The van der Waals surface area contributed by atoms with Gasteiger partial charge in [0, 0.05) is 23.0 Å². The van der Waals surface area contributed by atoms with Gasteiger partial charge in [0.1, 0.15) is 30.1 Å². The molecule has 0 saturated carbocycles. The van der Waals surface area contributed by atoms with Gasteiger partial charge in [0.25, 0.3) is 0 Å². The summed E-state index contributed by atoms with van der Waals surface area (Å²) in [6.45, 7) is 7.47. The molecule has 2 heterocycles. The third-order valence-corrected chi connectivity index (χ3v) is 7.70. The molecule has 0 aliphatic carbocycles. The summed E-state index contributed by atoms with van der Waals surface area (Å²) >= 11 is 0. The van der Waals surface area contributed by atoms with Crippen LogP contribution >= 0.6 is 0 Å². The van der Waals surface area contributed by atoms with Crippen LogP contribution in [-0.4, -0.2) is 34.3 Å². The van der Waals surface area contributed by atoms with E-state index in [0.717, 1.165) is 6.07 Å². The normalized spacial score (nSPS) is 20.1. The average Bonchev–Trinajstić information content (AvgIpc) is 3.44. The number of benzene rings is 2. The van der Waals surface area contributed by atoms with Gasteiger partial charge < -0.3 is 9.47 Å². The molecule has 0 radical (unpaired) electrons. The summed E-state index contributed by atoms with van der Waals surface area (Å²) in [7, 11) is 0. The van der Waals surface area contributed by atoms with Crippen molar-refractivity contribution in [1.29, 1.82) is 5.26 Å². The van der Waals surface area contributed by atoms with Gasteiger partial charge >= 0.3 is 0 Å². The van der Waals surface area contributed by atoms with E-state index in [-0.39, 0.29) is 23.3 Å². The van der Waals surface area contributed by atoms with E-state index in [1.807, 2.05) is 19.9 Å². The van der Waals surface area contributed by atoms with E-state index in [1.54, 1.807) is 53.5 Å². The minimum Gasteiger partial charge on any atom is -0.349 e. The second-order valence-electron chi connectivity index (χ2n) is 10.5. The van der Waals surface area contributed by atoms with Crippen molar-refractivity contribution in [3.05, 3.63) is 101 Å². The fourth-order valence-electron chi connectivity index (χ4n) is 5.58. The average molecular weight is 551 g/mol. The molecule has 1 saturated heterocycles. The van der Waals surface area contributed by atoms with Gasteiger partial charge in [-0.3, -0.25) is 4.68 Å². The molecular formula is C31H33F3N4O2. The number of nitrogens with zero attached hydrogens (tertiary/aromatic N) is 4. The minimum absolute atomic E-state index is 0.000463. The molecule has 2 unspecified atom stereocenters. The van der Waals surface area contributed by atoms with E-state index in [1.165, 1.54) is 18.5 Å². The van der Waals surface area contributed by atoms with Crippen molar-refractivity contribution in [3.63, 3.8) is 0 Å². The van der Waals surface area contributed by atoms with Crippen LogP contribution in [0.5, 0.6) is 0 Å². The highest BCUT2D eigenvalue weighted by molar-refractivity contribution is 5.53. The van der Waals surface area contributed by atoms with Crippen molar-refractivity contribution < 1.29 is 22.6 Å². The van der Waals surface area contributed by atoms with Crippen molar-refractivity contribution >= 4 is 6.08 Å². The van der Waals surface area contributed by atoms with Crippen molar-refractivity contribution in [3.8, 4) is 6.07 Å². The molecule has 1 fully saturated rings. The van der Waals surface area contributed by atoms with Crippen LogP contribution in [0.4, 0.5) is 13.2 Å². The van der Waals surface area contributed by atoms with E-state index < -0.39 is 29.2 Å². The van der Waals surface area contributed by atoms with Gasteiger partial charge in [-0.25, -0.2) is 18.2 Å². The Morgan fingerprint density at radius 2 is 1.85 bits per heavy atom. The molecular weight excluding hydrogens is 517 g/mol. The number of hydrogen-bond donors (Lipinski definition) is 0. The second kappa shape index (κ2) is 13.1. The molecule has 2 aromatic carbocycles. The first-order valence-corrected chi connectivity index (χ1v) is 13.3. The summed E-state index contributed by atoms with van der Waals surface area (Å²) in [5.74, 6) is -1.62. The van der Waals surface area contributed by atoms with Crippen LogP contribution in [0, 0.1) is 46.5 Å². The summed E-state index contributed by atoms with van der Waals surface area (Å²) < 4.78 is 56.7. The monoisotopic (exact) mass is 550 g/mol. The van der Waals surface area contributed by atoms with Crippen molar-refractivity contribution in [2.75, 3.05) is 13.2 Å². The lowest BCUT2D eigenvalue weighted by Gasteiger charge is -2.45. The standard InChI is InChI=1S/C31H33F3N4O2/c1-21(2)31(18-38-20-36-19-37-38,27-11-10-26(32)14-29(27)34)22(3)12-24-16-39-30(40-17-24)7-5-4-6-25-9-8-23(15-35)13-28(25)33/h4-11,13-14,19-22,24,30H,12,16-18H2,1-3H3/b6-4+,7-5+. The summed E-state index contributed by atoms with van der Waals surface area (Å²) in [5, 5.41) is 13.1. The van der Waals surface area contributed by atoms with Crippen molar-refractivity contribution in [2.24, 2.45) is 17.8 Å². The summed E-state index contributed by atoms with van der Waals surface area (Å²) in [4.78, 5) is 4.05. The predicted octanol–water partition coefficient (Wildman–Crippen LogP) is 6.45. The van der Waals surface area contributed by atoms with Crippen molar-refractivity contribution in [1.82, 2.24) is 14.8 Å². The molecule has 0 N–H and O–H groups in total. The number of rotatable bonds is 10. The highest BCUT2D eigenvalue weighted by atomic mass is 19.1. The molecule has 9 heteroatoms. The van der Waals surface area contributed by atoms with Gasteiger partial charge in [0.2, 0.25) is 0 Å². The molecule has 3 aromatic rings.